The topological polar surface area (TPSA) is 111 Å². The lowest BCUT2D eigenvalue weighted by molar-refractivity contribution is -0.137. The highest BCUT2D eigenvalue weighted by atomic mass is 19.4. The molecule has 2 atom stereocenters. The molecule has 10 heteroatoms. The van der Waals surface area contributed by atoms with E-state index in [0.717, 1.165) is 36.4 Å². The number of benzene rings is 1. The minimum atomic E-state index is -4.38. The monoisotopic (exact) mass is 474 g/mol. The molecule has 1 spiro atoms. The molecule has 1 saturated heterocycles. The predicted octanol–water partition coefficient (Wildman–Crippen LogP) is 4.83. The van der Waals surface area contributed by atoms with Gasteiger partial charge >= 0.3 is 6.18 Å². The highest BCUT2D eigenvalue weighted by molar-refractivity contribution is 5.97. The second-order valence-corrected chi connectivity index (χ2v) is 9.63. The molecule has 1 aromatic carbocycles. The molecule has 3 fully saturated rings. The fourth-order valence-corrected chi connectivity index (χ4v) is 5.13. The van der Waals surface area contributed by atoms with Crippen molar-refractivity contribution in [2.24, 2.45) is 17.1 Å². The third-order valence-corrected chi connectivity index (χ3v) is 7.22. The zero-order chi connectivity index (χ0) is 24.3. The van der Waals surface area contributed by atoms with Crippen LogP contribution in [0.2, 0.25) is 0 Å². The third kappa shape index (κ3) is 5.36. The summed E-state index contributed by atoms with van der Waals surface area (Å²) in [6.45, 7) is 2.69. The third-order valence-electron chi connectivity index (χ3n) is 7.22. The number of carbonyl (C=O) groups is 1. The molecule has 1 aliphatic heterocycles. The molecule has 1 aromatic heterocycles. The van der Waals surface area contributed by atoms with Crippen molar-refractivity contribution < 1.29 is 18.0 Å². The van der Waals surface area contributed by atoms with E-state index in [0.29, 0.717) is 11.6 Å². The van der Waals surface area contributed by atoms with Crippen LogP contribution < -0.4 is 11.1 Å². The SMILES string of the molecule is N#CC1CCCC(N2CC3(CCC3)C2)C1.NC(=O)c1cn[nH]c1Nc1ccc(C(F)(F)F)cc1. The number of aromatic nitrogens is 2. The molecule has 2 aromatic rings. The fraction of sp³-hybridized carbons (Fsp3) is 0.542. The second-order valence-electron chi connectivity index (χ2n) is 9.63. The summed E-state index contributed by atoms with van der Waals surface area (Å²) in [5, 5.41) is 17.8. The first kappa shape index (κ1) is 24.1. The number of likely N-dealkylation sites (tertiary alicyclic amines) is 1. The lowest BCUT2D eigenvalue weighted by atomic mass is 9.62. The van der Waals surface area contributed by atoms with Crippen molar-refractivity contribution in [2.45, 2.75) is 57.2 Å². The second kappa shape index (κ2) is 9.66. The summed E-state index contributed by atoms with van der Waals surface area (Å²) in [4.78, 5) is 13.7. The minimum Gasteiger partial charge on any atom is -0.365 e. The van der Waals surface area contributed by atoms with Gasteiger partial charge in [-0.3, -0.25) is 14.8 Å². The number of primary amides is 1. The highest BCUT2D eigenvalue weighted by Gasteiger charge is 2.49. The summed E-state index contributed by atoms with van der Waals surface area (Å²) < 4.78 is 37.1. The van der Waals surface area contributed by atoms with E-state index in [9.17, 15) is 18.0 Å². The Morgan fingerprint density at radius 2 is 1.91 bits per heavy atom. The van der Waals surface area contributed by atoms with E-state index < -0.39 is 17.6 Å². The van der Waals surface area contributed by atoms with Crippen LogP contribution in [0.3, 0.4) is 0 Å². The number of amides is 1. The summed E-state index contributed by atoms with van der Waals surface area (Å²) in [6, 6.07) is 7.56. The van der Waals surface area contributed by atoms with Gasteiger partial charge in [-0.15, -0.1) is 0 Å². The van der Waals surface area contributed by atoms with E-state index in [2.05, 4.69) is 26.5 Å². The van der Waals surface area contributed by atoms with Gasteiger partial charge in [0, 0.05) is 30.7 Å². The number of nitrogens with two attached hydrogens (primary N) is 1. The van der Waals surface area contributed by atoms with E-state index in [1.807, 2.05) is 0 Å². The minimum absolute atomic E-state index is 0.125. The Kier molecular flexibility index (Phi) is 6.84. The zero-order valence-electron chi connectivity index (χ0n) is 18.9. The molecule has 34 heavy (non-hydrogen) atoms. The van der Waals surface area contributed by atoms with Gasteiger partial charge in [0.05, 0.1) is 17.8 Å². The Hall–Kier alpha value is -3.06. The first-order valence-corrected chi connectivity index (χ1v) is 11.6. The number of H-pyrrole nitrogens is 1. The molecule has 5 rings (SSSR count). The average molecular weight is 475 g/mol. The van der Waals surface area contributed by atoms with Gasteiger partial charge in [0.15, 0.2) is 0 Å². The quantitative estimate of drug-likeness (QED) is 0.588. The summed E-state index contributed by atoms with van der Waals surface area (Å²) in [5.41, 5.74) is 5.60. The molecule has 7 nitrogen and oxygen atoms in total. The predicted molar refractivity (Wildman–Crippen MR) is 121 cm³/mol. The molecular weight excluding hydrogens is 445 g/mol. The molecule has 3 aliphatic rings. The molecule has 2 aliphatic carbocycles. The van der Waals surface area contributed by atoms with Gasteiger partial charge in [-0.1, -0.05) is 12.8 Å². The smallest absolute Gasteiger partial charge is 0.365 e. The summed E-state index contributed by atoms with van der Waals surface area (Å²) >= 11 is 0. The summed E-state index contributed by atoms with van der Waals surface area (Å²) in [5.74, 6) is -0.114. The number of aromatic amines is 1. The van der Waals surface area contributed by atoms with Gasteiger partial charge in [0.2, 0.25) is 0 Å². The van der Waals surface area contributed by atoms with E-state index in [1.54, 1.807) is 0 Å². The molecule has 2 heterocycles. The number of nitriles is 1. The number of hydrogen-bond acceptors (Lipinski definition) is 5. The molecular formula is C24H29F3N6O. The average Bonchev–Trinajstić information content (AvgIpc) is 3.21. The van der Waals surface area contributed by atoms with E-state index in [-0.39, 0.29) is 11.4 Å². The van der Waals surface area contributed by atoms with Crippen LogP contribution in [0.15, 0.2) is 30.5 Å². The Labute approximate surface area is 196 Å². The molecule has 182 valence electrons. The lowest BCUT2D eigenvalue weighted by Gasteiger charge is -2.59. The largest absolute Gasteiger partial charge is 0.416 e. The number of carbonyl (C=O) groups excluding carboxylic acids is 1. The summed E-state index contributed by atoms with van der Waals surface area (Å²) in [7, 11) is 0. The van der Waals surface area contributed by atoms with Crippen molar-refractivity contribution in [3.8, 4) is 6.07 Å². The van der Waals surface area contributed by atoms with Crippen molar-refractivity contribution in [1.29, 1.82) is 5.26 Å². The maximum atomic E-state index is 12.4. The highest BCUT2D eigenvalue weighted by Crippen LogP contribution is 2.50. The zero-order valence-corrected chi connectivity index (χ0v) is 18.9. The van der Waals surface area contributed by atoms with Gasteiger partial charge in [0.1, 0.15) is 11.4 Å². The normalized spacial score (nSPS) is 23.6. The molecule has 0 bridgehead atoms. The van der Waals surface area contributed by atoms with Crippen molar-refractivity contribution in [2.75, 3.05) is 18.4 Å². The fourth-order valence-electron chi connectivity index (χ4n) is 5.13. The summed E-state index contributed by atoms with van der Waals surface area (Å²) in [6.07, 6.45) is 6.15. The number of alkyl halides is 3. The molecule has 2 unspecified atom stereocenters. The van der Waals surface area contributed by atoms with Crippen LogP contribution in [-0.2, 0) is 6.18 Å². The lowest BCUT2D eigenvalue weighted by Crippen LogP contribution is -2.63. The number of nitrogens with zero attached hydrogens (tertiary/aromatic N) is 3. The van der Waals surface area contributed by atoms with Crippen LogP contribution in [0.1, 0.15) is 60.9 Å². The van der Waals surface area contributed by atoms with Crippen LogP contribution in [0.4, 0.5) is 24.7 Å². The van der Waals surface area contributed by atoms with Crippen LogP contribution in [0.25, 0.3) is 0 Å². The Morgan fingerprint density at radius 3 is 2.47 bits per heavy atom. The van der Waals surface area contributed by atoms with Crippen LogP contribution in [-0.4, -0.2) is 40.1 Å². The van der Waals surface area contributed by atoms with Crippen LogP contribution in [0.5, 0.6) is 0 Å². The van der Waals surface area contributed by atoms with E-state index in [4.69, 9.17) is 11.0 Å². The molecule has 1 amide bonds. The number of nitrogens with one attached hydrogen (secondary N) is 2. The van der Waals surface area contributed by atoms with E-state index >= 15 is 0 Å². The number of rotatable bonds is 4. The van der Waals surface area contributed by atoms with Gasteiger partial charge < -0.3 is 11.1 Å². The van der Waals surface area contributed by atoms with Crippen LogP contribution >= 0.6 is 0 Å². The Balaban J connectivity index is 0.000000165. The number of halogens is 3. The van der Waals surface area contributed by atoms with Crippen molar-refractivity contribution in [1.82, 2.24) is 15.1 Å². The van der Waals surface area contributed by atoms with E-state index in [1.165, 1.54) is 63.5 Å². The van der Waals surface area contributed by atoms with Crippen molar-refractivity contribution >= 4 is 17.4 Å². The van der Waals surface area contributed by atoms with Crippen LogP contribution in [0, 0.1) is 22.7 Å². The van der Waals surface area contributed by atoms with Gasteiger partial charge in [-0.2, -0.15) is 23.5 Å². The number of hydrogen-bond donors (Lipinski definition) is 3. The standard InChI is InChI=1S/C13H20N2.C11H9F3N4O/c14-8-11-3-1-4-12(7-11)15-9-13(10-15)5-2-6-13;12-11(13,14)6-1-3-7(4-2-6)17-10-8(9(15)19)5-16-18-10/h11-12H,1-7,9-10H2;1-5H,(H2,15,19)(H2,16,17,18). The maximum Gasteiger partial charge on any atom is 0.416 e. The van der Waals surface area contributed by atoms with Crippen molar-refractivity contribution in [3.05, 3.63) is 41.6 Å². The maximum absolute atomic E-state index is 12.4. The van der Waals surface area contributed by atoms with Gasteiger partial charge in [-0.25, -0.2) is 0 Å². The first-order valence-electron chi connectivity index (χ1n) is 11.6. The Morgan fingerprint density at radius 1 is 1.21 bits per heavy atom. The number of anilines is 2. The molecule has 0 radical (unpaired) electrons. The Bertz CT molecular complexity index is 1030. The first-order chi connectivity index (χ1) is 16.2. The molecule has 2 saturated carbocycles. The van der Waals surface area contributed by atoms with Crippen molar-refractivity contribution in [3.63, 3.8) is 0 Å². The van der Waals surface area contributed by atoms with Gasteiger partial charge in [-0.05, 0) is 61.8 Å². The van der Waals surface area contributed by atoms with Gasteiger partial charge in [0.25, 0.3) is 5.91 Å². The molecule has 4 N–H and O–H groups in total.